The maximum absolute atomic E-state index is 12.7. The third-order valence-electron chi connectivity index (χ3n) is 2.46. The molecule has 0 amide bonds. The second-order valence-electron chi connectivity index (χ2n) is 3.93. The molecular formula is C12H13F3O2S. The molecule has 0 aromatic heterocycles. The second kappa shape index (κ2) is 5.75. The predicted molar refractivity (Wildman–Crippen MR) is 63.8 cm³/mol. The number of aldehydes is 1. The van der Waals surface area contributed by atoms with Gasteiger partial charge in [-0.3, -0.25) is 4.79 Å². The number of rotatable bonds is 4. The van der Waals surface area contributed by atoms with Crippen molar-refractivity contribution < 1.29 is 23.1 Å². The minimum absolute atomic E-state index is 0.190. The van der Waals surface area contributed by atoms with Gasteiger partial charge in [0.2, 0.25) is 0 Å². The Kier molecular flexibility index (Phi) is 4.81. The summed E-state index contributed by atoms with van der Waals surface area (Å²) in [5, 5.41) is 9.08. The molecule has 0 aliphatic carbocycles. The summed E-state index contributed by atoms with van der Waals surface area (Å²) in [6.45, 7) is 3.29. The van der Waals surface area contributed by atoms with Crippen LogP contribution in [0.3, 0.4) is 0 Å². The van der Waals surface area contributed by atoms with Crippen molar-refractivity contribution in [2.24, 2.45) is 0 Å². The molecule has 0 spiro atoms. The summed E-state index contributed by atoms with van der Waals surface area (Å²) in [5.41, 5.74) is -1.32. The highest BCUT2D eigenvalue weighted by Gasteiger charge is 2.33. The predicted octanol–water partition coefficient (Wildman–Crippen LogP) is 3.38. The Hall–Kier alpha value is -1.01. The SMILES string of the molecule is CC(O)C(C)Sc1ccc(C=O)c(C(F)(F)F)c1. The van der Waals surface area contributed by atoms with E-state index in [1.54, 1.807) is 13.8 Å². The highest BCUT2D eigenvalue weighted by atomic mass is 32.2. The van der Waals surface area contributed by atoms with Crippen molar-refractivity contribution in [1.29, 1.82) is 0 Å². The third-order valence-corrected chi connectivity index (χ3v) is 3.75. The summed E-state index contributed by atoms with van der Waals surface area (Å²) in [6, 6.07) is 3.53. The molecule has 2 unspecified atom stereocenters. The largest absolute Gasteiger partial charge is 0.417 e. The lowest BCUT2D eigenvalue weighted by Crippen LogP contribution is -2.15. The zero-order valence-corrected chi connectivity index (χ0v) is 10.7. The number of aliphatic hydroxyl groups is 1. The Morgan fingerprint density at radius 2 is 1.94 bits per heavy atom. The fourth-order valence-corrected chi connectivity index (χ4v) is 2.23. The fourth-order valence-electron chi connectivity index (χ4n) is 1.27. The number of carbonyl (C=O) groups is 1. The van der Waals surface area contributed by atoms with E-state index in [2.05, 4.69) is 0 Å². The van der Waals surface area contributed by atoms with Gasteiger partial charge in [0, 0.05) is 15.7 Å². The van der Waals surface area contributed by atoms with E-state index in [4.69, 9.17) is 0 Å². The molecule has 0 bridgehead atoms. The normalized spacial score (nSPS) is 15.2. The average molecular weight is 278 g/mol. The molecule has 0 saturated heterocycles. The van der Waals surface area contributed by atoms with Gasteiger partial charge in [0.1, 0.15) is 0 Å². The summed E-state index contributed by atoms with van der Waals surface area (Å²) < 4.78 is 38.1. The molecule has 1 rings (SSSR count). The van der Waals surface area contributed by atoms with Crippen LogP contribution in [0, 0.1) is 0 Å². The third kappa shape index (κ3) is 3.74. The van der Waals surface area contributed by atoms with Crippen LogP contribution in [0.25, 0.3) is 0 Å². The van der Waals surface area contributed by atoms with Crippen molar-refractivity contribution in [2.45, 2.75) is 36.3 Å². The smallest absolute Gasteiger partial charge is 0.392 e. The van der Waals surface area contributed by atoms with Crippen LogP contribution in [0.5, 0.6) is 0 Å². The van der Waals surface area contributed by atoms with Gasteiger partial charge in [0.05, 0.1) is 11.7 Å². The van der Waals surface area contributed by atoms with E-state index in [9.17, 15) is 23.1 Å². The van der Waals surface area contributed by atoms with Crippen LogP contribution in [0.2, 0.25) is 0 Å². The molecule has 2 atom stereocenters. The summed E-state index contributed by atoms with van der Waals surface area (Å²) in [4.78, 5) is 10.9. The van der Waals surface area contributed by atoms with E-state index in [0.29, 0.717) is 4.90 Å². The summed E-state index contributed by atoms with van der Waals surface area (Å²) in [5.74, 6) is 0. The Morgan fingerprint density at radius 3 is 2.39 bits per heavy atom. The van der Waals surface area contributed by atoms with Crippen molar-refractivity contribution in [3.8, 4) is 0 Å². The minimum atomic E-state index is -4.55. The lowest BCUT2D eigenvalue weighted by Gasteiger charge is -2.16. The van der Waals surface area contributed by atoms with Gasteiger partial charge in [0.15, 0.2) is 6.29 Å². The van der Waals surface area contributed by atoms with E-state index >= 15 is 0 Å². The average Bonchev–Trinajstić information content (AvgIpc) is 2.27. The zero-order valence-electron chi connectivity index (χ0n) is 9.86. The van der Waals surface area contributed by atoms with E-state index < -0.39 is 17.8 Å². The summed E-state index contributed by atoms with van der Waals surface area (Å²) in [6.07, 6.45) is -4.99. The summed E-state index contributed by atoms with van der Waals surface area (Å²) >= 11 is 1.14. The van der Waals surface area contributed by atoms with Crippen LogP contribution >= 0.6 is 11.8 Å². The van der Waals surface area contributed by atoms with Gasteiger partial charge in [-0.1, -0.05) is 6.92 Å². The highest BCUT2D eigenvalue weighted by molar-refractivity contribution is 8.00. The van der Waals surface area contributed by atoms with E-state index in [0.717, 1.165) is 23.9 Å². The fraction of sp³-hybridized carbons (Fsp3) is 0.417. The van der Waals surface area contributed by atoms with E-state index in [1.165, 1.54) is 6.07 Å². The lowest BCUT2D eigenvalue weighted by molar-refractivity contribution is -0.138. The molecule has 1 N–H and O–H groups in total. The minimum Gasteiger partial charge on any atom is -0.392 e. The number of carbonyl (C=O) groups excluding carboxylic acids is 1. The first-order valence-corrected chi connectivity index (χ1v) is 6.15. The van der Waals surface area contributed by atoms with Crippen LogP contribution in [-0.4, -0.2) is 22.7 Å². The van der Waals surface area contributed by atoms with Gasteiger partial charge < -0.3 is 5.11 Å². The van der Waals surface area contributed by atoms with Gasteiger partial charge in [-0.15, -0.1) is 11.8 Å². The standard InChI is InChI=1S/C12H13F3O2S/c1-7(17)8(2)18-10-4-3-9(6-16)11(5-10)12(13,14)15/h3-8,17H,1-2H3. The van der Waals surface area contributed by atoms with Gasteiger partial charge >= 0.3 is 6.18 Å². The Morgan fingerprint density at radius 1 is 1.33 bits per heavy atom. The van der Waals surface area contributed by atoms with Crippen LogP contribution in [0.1, 0.15) is 29.8 Å². The topological polar surface area (TPSA) is 37.3 Å². The molecule has 1 aromatic rings. The first-order chi connectivity index (χ1) is 8.25. The van der Waals surface area contributed by atoms with Crippen LogP contribution < -0.4 is 0 Å². The Bertz CT molecular complexity index is 430. The maximum atomic E-state index is 12.7. The van der Waals surface area contributed by atoms with Crippen molar-refractivity contribution in [1.82, 2.24) is 0 Å². The molecule has 18 heavy (non-hydrogen) atoms. The Labute approximate surface area is 107 Å². The molecule has 0 heterocycles. The van der Waals surface area contributed by atoms with E-state index in [1.807, 2.05) is 0 Å². The first kappa shape index (κ1) is 15.0. The monoisotopic (exact) mass is 278 g/mol. The maximum Gasteiger partial charge on any atom is 0.417 e. The Balaban J connectivity index is 3.07. The van der Waals surface area contributed by atoms with Gasteiger partial charge in [-0.25, -0.2) is 0 Å². The number of thioether (sulfide) groups is 1. The van der Waals surface area contributed by atoms with Crippen molar-refractivity contribution >= 4 is 18.0 Å². The molecule has 6 heteroatoms. The number of halogens is 3. The van der Waals surface area contributed by atoms with Gasteiger partial charge in [-0.2, -0.15) is 13.2 Å². The molecule has 0 saturated carbocycles. The number of hydrogen-bond acceptors (Lipinski definition) is 3. The van der Waals surface area contributed by atoms with Crippen molar-refractivity contribution in [2.75, 3.05) is 0 Å². The first-order valence-electron chi connectivity index (χ1n) is 5.27. The quantitative estimate of drug-likeness (QED) is 0.677. The van der Waals surface area contributed by atoms with E-state index in [-0.39, 0.29) is 17.1 Å². The van der Waals surface area contributed by atoms with Gasteiger partial charge in [0.25, 0.3) is 0 Å². The molecule has 0 fully saturated rings. The van der Waals surface area contributed by atoms with Crippen LogP contribution in [0.4, 0.5) is 13.2 Å². The molecule has 0 radical (unpaired) electrons. The second-order valence-corrected chi connectivity index (χ2v) is 5.38. The van der Waals surface area contributed by atoms with Crippen molar-refractivity contribution in [3.63, 3.8) is 0 Å². The highest BCUT2D eigenvalue weighted by Crippen LogP contribution is 2.35. The van der Waals surface area contributed by atoms with Crippen molar-refractivity contribution in [3.05, 3.63) is 29.3 Å². The number of benzene rings is 1. The molecule has 1 aromatic carbocycles. The number of aliphatic hydroxyl groups excluding tert-OH is 1. The number of hydrogen-bond donors (Lipinski definition) is 1. The molecule has 2 nitrogen and oxygen atoms in total. The van der Waals surface area contributed by atoms with Crippen LogP contribution in [-0.2, 0) is 6.18 Å². The van der Waals surface area contributed by atoms with Crippen LogP contribution in [0.15, 0.2) is 23.1 Å². The summed E-state index contributed by atoms with van der Waals surface area (Å²) in [7, 11) is 0. The lowest BCUT2D eigenvalue weighted by atomic mass is 10.1. The molecular weight excluding hydrogens is 265 g/mol. The molecule has 0 aliphatic rings. The molecule has 0 aliphatic heterocycles. The molecule has 100 valence electrons. The van der Waals surface area contributed by atoms with Gasteiger partial charge in [-0.05, 0) is 25.1 Å². The number of alkyl halides is 3. The zero-order chi connectivity index (χ0) is 13.9.